The molecule has 86 heavy (non-hydrogen) atoms. The van der Waals surface area contributed by atoms with E-state index in [0.717, 1.165) is 50.1 Å². The van der Waals surface area contributed by atoms with E-state index in [9.17, 15) is 0 Å². The highest BCUT2D eigenvalue weighted by molar-refractivity contribution is 6.77. The van der Waals surface area contributed by atoms with Crippen LogP contribution < -0.4 is 0 Å². The Morgan fingerprint density at radius 2 is 0.500 bits per heavy atom. The number of hydrogen-bond donors (Lipinski definition) is 0. The first-order valence-electron chi connectivity index (χ1n) is 31.5. The molecule has 0 aliphatic heterocycles. The molecule has 0 heterocycles. The average Bonchev–Trinajstić information content (AvgIpc) is 1.37. The van der Waals surface area contributed by atoms with Crippen molar-refractivity contribution < 1.29 is 43.8 Å². The highest BCUT2D eigenvalue weighted by atomic mass is 17.2. The van der Waals surface area contributed by atoms with E-state index in [-0.39, 0.29) is 5.92 Å². The zero-order valence-electron chi connectivity index (χ0n) is 48.8. The fourth-order valence-corrected chi connectivity index (χ4v) is 26.0. The summed E-state index contributed by atoms with van der Waals surface area (Å²) in [5, 5.41) is 56.3. The predicted octanol–water partition coefficient (Wildman–Crippen LogP) is 18.3. The van der Waals surface area contributed by atoms with E-state index in [1.54, 1.807) is 0 Å². The van der Waals surface area contributed by atoms with Gasteiger partial charge in [-0.25, -0.2) is 39.1 Å². The van der Waals surface area contributed by atoms with Gasteiger partial charge in [-0.15, -0.1) is 0 Å². The summed E-state index contributed by atoms with van der Waals surface area (Å²) in [5.74, 6) is -0.259. The standard InChI is InChI=1S/C77H40O9/c1-69(2,3)79-83-73-58-47-38-34-21-19-14-15-17-18-16(14)23-28-26(19)36(34)49(58)51-40(28)41-30(23)31-25(18)33-32-24(17)29-27-20(15)22(21)35-37(27)50-52-42(29)44(32)55-56-45(33)43(31)54-53(41)61(60(51)73)75(84-80-70(4,5)6)63(54)65(56)76(85-81-71(7,8)9)64(55)62(52)74(78-13)59(50)48(39(35)38)46(47)57-66(73)68(75)77(76,67(57)74)86-82-72(10,11)12/h46H,1-13H3/t46?,73-,74+,75-,76+,77-/m1/s1. The maximum atomic E-state index is 8.43. The molecule has 0 aromatic heterocycles. The van der Waals surface area contributed by atoms with Gasteiger partial charge >= 0.3 is 0 Å². The number of methoxy groups -OCH3 is 1. The Labute approximate surface area is 481 Å². The molecule has 1 unspecified atom stereocenters. The lowest BCUT2D eigenvalue weighted by atomic mass is 9.49. The van der Waals surface area contributed by atoms with Crippen LogP contribution in [0, 0.1) is 0 Å². The van der Waals surface area contributed by atoms with Gasteiger partial charge in [0.2, 0.25) is 0 Å². The Hall–Kier alpha value is -7.38. The SMILES string of the molecule is CO[C@@]12C3=C4C5=C6[C@@]7(OOC(C)(C)C)c8c9c%10c%11c(c%12c%13c%14c(c1c1c%15c2c2c%16c%17c(c7c7c8c8c%10c%10c%18c%11c%13c%11c%13c%14c1c1c%14c%15c%16c%15c%16c%17c7c7c8c%10c8c(c%11%18)c(c%131)c(c%14%15)c8c7%16)[C@]2(OOC(C)(C)C)[C@]63OOC(C)(C)C)C4%12)[C@]59OOC(C)(C)C. The smallest absolute Gasteiger partial charge is 0.196 e. The van der Waals surface area contributed by atoms with Crippen molar-refractivity contribution in [1.29, 1.82) is 0 Å². The number of benzene rings is 15. The van der Waals surface area contributed by atoms with Crippen molar-refractivity contribution in [1.82, 2.24) is 0 Å². The largest absolute Gasteiger partial charge is 0.364 e. The third kappa shape index (κ3) is 2.55. The van der Waals surface area contributed by atoms with Gasteiger partial charge in [0.15, 0.2) is 22.4 Å². The third-order valence-electron chi connectivity index (χ3n) is 26.3. The minimum atomic E-state index is -1.73. The Bertz CT molecular complexity index is 7330. The van der Waals surface area contributed by atoms with Crippen LogP contribution in [0.5, 0.6) is 0 Å². The Kier molecular flexibility index (Phi) is 4.37. The van der Waals surface area contributed by atoms with Crippen molar-refractivity contribution >= 4 is 215 Å². The summed E-state index contributed by atoms with van der Waals surface area (Å²) in [6, 6.07) is 0. The molecule has 0 bridgehead atoms. The summed E-state index contributed by atoms with van der Waals surface area (Å²) in [6.45, 7) is 25.4. The topological polar surface area (TPSA) is 83.1 Å². The molecule has 0 radical (unpaired) electrons. The average molecular weight is 1110 g/mol. The Morgan fingerprint density at radius 3 is 0.860 bits per heavy atom. The maximum Gasteiger partial charge on any atom is 0.196 e. The molecule has 0 fully saturated rings. The van der Waals surface area contributed by atoms with Gasteiger partial charge in [-0.05, 0) is 315 Å². The molecule has 9 nitrogen and oxygen atoms in total. The van der Waals surface area contributed by atoms with Gasteiger partial charge in [0.05, 0.1) is 22.4 Å². The second-order valence-corrected chi connectivity index (χ2v) is 33.5. The van der Waals surface area contributed by atoms with Gasteiger partial charge in [-0.3, -0.25) is 0 Å². The molecule has 0 amide bonds. The molecule has 11 aliphatic rings. The molecule has 9 heteroatoms. The molecule has 21 aromatic carbocycles. The first kappa shape index (κ1) is 40.1. The van der Waals surface area contributed by atoms with Crippen LogP contribution in [0.1, 0.15) is 145 Å². The zero-order valence-corrected chi connectivity index (χ0v) is 48.8. The van der Waals surface area contributed by atoms with E-state index in [2.05, 4.69) is 83.1 Å². The van der Waals surface area contributed by atoms with Crippen LogP contribution in [0.25, 0.3) is 215 Å². The molecule has 0 spiro atoms. The van der Waals surface area contributed by atoms with E-state index < -0.39 is 50.4 Å². The van der Waals surface area contributed by atoms with Gasteiger partial charge in [-0.2, -0.15) is 0 Å². The lowest BCUT2D eigenvalue weighted by molar-refractivity contribution is -0.479. The molecule has 0 saturated carbocycles. The highest BCUT2D eigenvalue weighted by Crippen LogP contribution is 2.92. The quantitative estimate of drug-likeness (QED) is 0.0797. The summed E-state index contributed by atoms with van der Waals surface area (Å²) in [4.78, 5) is 63.0. The fraction of sp³-hybridized carbons (Fsp3) is 0.299. The second kappa shape index (κ2) is 9.36. The summed E-state index contributed by atoms with van der Waals surface area (Å²) in [5.41, 5.74) is 5.38. The monoisotopic (exact) mass is 1110 g/mol. The summed E-state index contributed by atoms with van der Waals surface area (Å²) >= 11 is 0. The summed E-state index contributed by atoms with van der Waals surface area (Å²) in [6.07, 6.45) is 0. The van der Waals surface area contributed by atoms with Gasteiger partial charge in [0.1, 0.15) is 5.60 Å². The lowest BCUT2D eigenvalue weighted by Crippen LogP contribution is -2.70. The van der Waals surface area contributed by atoms with Crippen LogP contribution in [0.3, 0.4) is 0 Å². The zero-order chi connectivity index (χ0) is 55.6. The van der Waals surface area contributed by atoms with E-state index in [1.165, 1.54) is 243 Å². The first-order chi connectivity index (χ1) is 41.2. The van der Waals surface area contributed by atoms with Gasteiger partial charge in [0, 0.05) is 74.3 Å². The van der Waals surface area contributed by atoms with Crippen LogP contribution in [0.15, 0.2) is 22.3 Å². The number of rotatable bonds is 9. The first-order valence-corrected chi connectivity index (χ1v) is 31.5. The van der Waals surface area contributed by atoms with Crippen molar-refractivity contribution in [2.45, 2.75) is 139 Å². The van der Waals surface area contributed by atoms with E-state index in [0.29, 0.717) is 0 Å². The second-order valence-electron chi connectivity index (χ2n) is 33.5. The molecule has 21 aromatic rings. The van der Waals surface area contributed by atoms with Crippen LogP contribution >= 0.6 is 0 Å². The number of ether oxygens (including phenoxy) is 1. The van der Waals surface area contributed by atoms with Gasteiger partial charge < -0.3 is 4.74 Å². The molecule has 0 saturated heterocycles. The van der Waals surface area contributed by atoms with Crippen LogP contribution in [0.2, 0.25) is 0 Å². The van der Waals surface area contributed by atoms with Crippen molar-refractivity contribution in [2.24, 2.45) is 0 Å². The molecule has 0 N–H and O–H groups in total. The Balaban J connectivity index is 1.07. The van der Waals surface area contributed by atoms with Crippen molar-refractivity contribution in [3.63, 3.8) is 0 Å². The molecule has 11 aliphatic carbocycles. The minimum absolute atomic E-state index is 0.259. The predicted molar refractivity (Wildman–Crippen MR) is 334 cm³/mol. The Morgan fingerprint density at radius 1 is 0.244 bits per heavy atom. The lowest BCUT2D eigenvalue weighted by Gasteiger charge is -2.62. The molecular formula is C77H40O9. The molecule has 6 atom stereocenters. The van der Waals surface area contributed by atoms with E-state index in [1.807, 2.05) is 7.11 Å². The fourth-order valence-electron chi connectivity index (χ4n) is 26.0. The van der Waals surface area contributed by atoms with Crippen LogP contribution in [-0.2, 0) is 66.2 Å². The third-order valence-corrected chi connectivity index (χ3v) is 26.3. The maximum absolute atomic E-state index is 8.43. The van der Waals surface area contributed by atoms with Gasteiger partial charge in [0.25, 0.3) is 0 Å². The summed E-state index contributed by atoms with van der Waals surface area (Å²) < 4.78 is 8.18. The van der Waals surface area contributed by atoms with E-state index in [4.69, 9.17) is 43.8 Å². The highest BCUT2D eigenvalue weighted by Gasteiger charge is 2.89. The number of hydrogen-bond acceptors (Lipinski definition) is 9. The van der Waals surface area contributed by atoms with Crippen LogP contribution in [0.4, 0.5) is 0 Å². The van der Waals surface area contributed by atoms with Crippen molar-refractivity contribution in [2.75, 3.05) is 7.11 Å². The molecular weight excluding hydrogens is 1070 g/mol. The van der Waals surface area contributed by atoms with Gasteiger partial charge in [-0.1, -0.05) is 0 Å². The van der Waals surface area contributed by atoms with Crippen molar-refractivity contribution in [3.8, 4) is 0 Å². The van der Waals surface area contributed by atoms with Crippen LogP contribution in [-0.4, -0.2) is 35.1 Å². The normalized spacial score (nSPS) is 28.5. The summed E-state index contributed by atoms with van der Waals surface area (Å²) in [7, 11) is 2.00. The van der Waals surface area contributed by atoms with Crippen molar-refractivity contribution in [3.05, 3.63) is 77.9 Å². The molecule has 32 rings (SSSR count). The van der Waals surface area contributed by atoms with E-state index >= 15 is 0 Å². The minimum Gasteiger partial charge on any atom is -0.364 e. The molecule has 402 valence electrons.